The molecule has 0 aliphatic heterocycles. The molecule has 5 heteroatoms. The Morgan fingerprint density at radius 3 is 2.30 bits per heavy atom. The predicted molar refractivity (Wildman–Crippen MR) is 87.6 cm³/mol. The molecule has 0 aliphatic rings. The quantitative estimate of drug-likeness (QED) is 0.831. The van der Waals surface area contributed by atoms with E-state index in [-0.39, 0.29) is 11.9 Å². The highest BCUT2D eigenvalue weighted by atomic mass is 16.5. The molecule has 0 heterocycles. The van der Waals surface area contributed by atoms with Crippen LogP contribution in [0.15, 0.2) is 54.6 Å². The van der Waals surface area contributed by atoms with Crippen molar-refractivity contribution in [2.45, 2.75) is 20.0 Å². The van der Waals surface area contributed by atoms with Crippen LogP contribution in [0.1, 0.15) is 24.2 Å². The Bertz CT molecular complexity index is 652. The summed E-state index contributed by atoms with van der Waals surface area (Å²) in [5, 5.41) is 2.77. The number of nitrogens with one attached hydrogen (secondary N) is 1. The number of esters is 1. The van der Waals surface area contributed by atoms with Gasteiger partial charge in [0.25, 0.3) is 5.91 Å². The molecule has 0 aliphatic carbocycles. The molecule has 1 N–H and O–H groups in total. The average molecular weight is 313 g/mol. The van der Waals surface area contributed by atoms with Crippen molar-refractivity contribution in [3.05, 3.63) is 60.2 Å². The summed E-state index contributed by atoms with van der Waals surface area (Å²) in [5.74, 6) is -0.117. The number of hydrogen-bond acceptors (Lipinski definition) is 4. The van der Waals surface area contributed by atoms with Gasteiger partial charge in [0.05, 0.1) is 12.2 Å². The monoisotopic (exact) mass is 313 g/mol. The summed E-state index contributed by atoms with van der Waals surface area (Å²) in [6.07, 6.45) is -0.663. The van der Waals surface area contributed by atoms with E-state index in [1.165, 1.54) is 0 Å². The van der Waals surface area contributed by atoms with Gasteiger partial charge in [-0.2, -0.15) is 0 Å². The Morgan fingerprint density at radius 2 is 1.70 bits per heavy atom. The van der Waals surface area contributed by atoms with Crippen LogP contribution in [0.3, 0.4) is 0 Å². The molecule has 120 valence electrons. The van der Waals surface area contributed by atoms with E-state index in [4.69, 9.17) is 9.47 Å². The largest absolute Gasteiger partial charge is 0.481 e. The topological polar surface area (TPSA) is 64.6 Å². The SMILES string of the molecule is CCOC(=O)c1ccc(O[C@H](C)C(=O)Nc2ccccc2)cc1. The second kappa shape index (κ2) is 7.98. The lowest BCUT2D eigenvalue weighted by Gasteiger charge is -2.15. The van der Waals surface area contributed by atoms with Crippen LogP contribution in [-0.2, 0) is 9.53 Å². The molecule has 1 amide bonds. The first kappa shape index (κ1) is 16.5. The maximum atomic E-state index is 12.1. The van der Waals surface area contributed by atoms with Gasteiger partial charge < -0.3 is 14.8 Å². The van der Waals surface area contributed by atoms with E-state index in [1.54, 1.807) is 50.2 Å². The number of ether oxygens (including phenoxy) is 2. The van der Waals surface area contributed by atoms with Gasteiger partial charge in [-0.1, -0.05) is 18.2 Å². The minimum Gasteiger partial charge on any atom is -0.481 e. The highest BCUT2D eigenvalue weighted by Gasteiger charge is 2.15. The van der Waals surface area contributed by atoms with Gasteiger partial charge in [0.15, 0.2) is 6.10 Å². The Balaban J connectivity index is 1.93. The third kappa shape index (κ3) is 4.85. The first-order valence-corrected chi connectivity index (χ1v) is 7.40. The summed E-state index contributed by atoms with van der Waals surface area (Å²) in [6.45, 7) is 3.74. The van der Waals surface area contributed by atoms with Crippen molar-refractivity contribution in [1.82, 2.24) is 0 Å². The number of carbonyl (C=O) groups is 2. The molecule has 23 heavy (non-hydrogen) atoms. The van der Waals surface area contributed by atoms with Crippen molar-refractivity contribution in [3.63, 3.8) is 0 Å². The third-order valence-electron chi connectivity index (χ3n) is 3.09. The average Bonchev–Trinajstić information content (AvgIpc) is 2.56. The summed E-state index contributed by atoms with van der Waals surface area (Å²) in [5.41, 5.74) is 1.16. The zero-order valence-electron chi connectivity index (χ0n) is 13.1. The molecule has 0 radical (unpaired) electrons. The Morgan fingerprint density at radius 1 is 1.04 bits per heavy atom. The smallest absolute Gasteiger partial charge is 0.338 e. The van der Waals surface area contributed by atoms with Crippen molar-refractivity contribution in [2.75, 3.05) is 11.9 Å². The molecule has 2 aromatic rings. The molecule has 0 spiro atoms. The fraction of sp³-hybridized carbons (Fsp3) is 0.222. The number of anilines is 1. The van der Waals surface area contributed by atoms with Gasteiger partial charge in [-0.3, -0.25) is 4.79 Å². The van der Waals surface area contributed by atoms with Gasteiger partial charge >= 0.3 is 5.97 Å². The standard InChI is InChI=1S/C18H19NO4/c1-3-22-18(21)14-9-11-16(12-10-14)23-13(2)17(20)19-15-7-5-4-6-8-15/h4-13H,3H2,1-2H3,(H,19,20)/t13-/m1/s1. The van der Waals surface area contributed by atoms with Crippen molar-refractivity contribution >= 4 is 17.6 Å². The molecular formula is C18H19NO4. The molecule has 0 saturated carbocycles. The van der Waals surface area contributed by atoms with Crippen molar-refractivity contribution in [2.24, 2.45) is 0 Å². The van der Waals surface area contributed by atoms with E-state index in [0.717, 1.165) is 0 Å². The Kier molecular flexibility index (Phi) is 5.74. The zero-order valence-corrected chi connectivity index (χ0v) is 13.1. The zero-order chi connectivity index (χ0) is 16.7. The maximum Gasteiger partial charge on any atom is 0.338 e. The minimum absolute atomic E-state index is 0.245. The van der Waals surface area contributed by atoms with E-state index in [2.05, 4.69) is 5.32 Å². The fourth-order valence-corrected chi connectivity index (χ4v) is 1.91. The molecule has 5 nitrogen and oxygen atoms in total. The summed E-state index contributed by atoms with van der Waals surface area (Å²) in [7, 11) is 0. The molecule has 0 aromatic heterocycles. The van der Waals surface area contributed by atoms with Gasteiger partial charge in [0.2, 0.25) is 0 Å². The van der Waals surface area contributed by atoms with E-state index < -0.39 is 6.10 Å². The number of para-hydroxylation sites is 1. The van der Waals surface area contributed by atoms with Crippen LogP contribution < -0.4 is 10.1 Å². The molecule has 0 fully saturated rings. The van der Waals surface area contributed by atoms with Crippen molar-refractivity contribution in [3.8, 4) is 5.75 Å². The summed E-state index contributed by atoms with van der Waals surface area (Å²) in [4.78, 5) is 23.6. The van der Waals surface area contributed by atoms with Crippen LogP contribution in [0.2, 0.25) is 0 Å². The van der Waals surface area contributed by atoms with Crippen molar-refractivity contribution < 1.29 is 19.1 Å². The van der Waals surface area contributed by atoms with Crippen LogP contribution >= 0.6 is 0 Å². The minimum atomic E-state index is -0.663. The lowest BCUT2D eigenvalue weighted by atomic mass is 10.2. The number of benzene rings is 2. The van der Waals surface area contributed by atoms with E-state index in [9.17, 15) is 9.59 Å². The summed E-state index contributed by atoms with van der Waals surface area (Å²) >= 11 is 0. The molecule has 0 saturated heterocycles. The lowest BCUT2D eigenvalue weighted by Crippen LogP contribution is -2.30. The fourth-order valence-electron chi connectivity index (χ4n) is 1.91. The summed E-state index contributed by atoms with van der Waals surface area (Å²) < 4.78 is 10.5. The number of amides is 1. The highest BCUT2D eigenvalue weighted by Crippen LogP contribution is 2.15. The van der Waals surface area contributed by atoms with Crippen LogP contribution in [0, 0.1) is 0 Å². The molecule has 1 atom stereocenters. The number of hydrogen-bond donors (Lipinski definition) is 1. The Labute approximate surface area is 135 Å². The first-order valence-electron chi connectivity index (χ1n) is 7.40. The van der Waals surface area contributed by atoms with Crippen molar-refractivity contribution in [1.29, 1.82) is 0 Å². The Hall–Kier alpha value is -2.82. The molecule has 0 bridgehead atoms. The maximum absolute atomic E-state index is 12.1. The van der Waals surface area contributed by atoms with Gasteiger partial charge in [-0.25, -0.2) is 4.79 Å². The number of carbonyl (C=O) groups excluding carboxylic acids is 2. The van der Waals surface area contributed by atoms with E-state index in [0.29, 0.717) is 23.6 Å². The molecule has 0 unspecified atom stereocenters. The van der Waals surface area contributed by atoms with Gasteiger partial charge in [0, 0.05) is 5.69 Å². The third-order valence-corrected chi connectivity index (χ3v) is 3.09. The predicted octanol–water partition coefficient (Wildman–Crippen LogP) is 3.27. The first-order chi connectivity index (χ1) is 11.1. The van der Waals surface area contributed by atoms with Crippen LogP contribution in [0.5, 0.6) is 5.75 Å². The van der Waals surface area contributed by atoms with E-state index >= 15 is 0 Å². The molecular weight excluding hydrogens is 294 g/mol. The van der Waals surface area contributed by atoms with E-state index in [1.807, 2.05) is 18.2 Å². The van der Waals surface area contributed by atoms with Crippen LogP contribution in [-0.4, -0.2) is 24.6 Å². The molecule has 2 rings (SSSR count). The second-order valence-corrected chi connectivity index (χ2v) is 4.86. The van der Waals surface area contributed by atoms with Gasteiger partial charge in [-0.05, 0) is 50.2 Å². The molecule has 2 aromatic carbocycles. The van der Waals surface area contributed by atoms with Gasteiger partial charge in [0.1, 0.15) is 5.75 Å². The van der Waals surface area contributed by atoms with Crippen LogP contribution in [0.25, 0.3) is 0 Å². The lowest BCUT2D eigenvalue weighted by molar-refractivity contribution is -0.122. The van der Waals surface area contributed by atoms with Gasteiger partial charge in [-0.15, -0.1) is 0 Å². The second-order valence-electron chi connectivity index (χ2n) is 4.86. The normalized spacial score (nSPS) is 11.4. The van der Waals surface area contributed by atoms with Crippen LogP contribution in [0.4, 0.5) is 5.69 Å². The number of rotatable bonds is 6. The summed E-state index contributed by atoms with van der Waals surface area (Å²) in [6, 6.07) is 15.7. The highest BCUT2D eigenvalue weighted by molar-refractivity contribution is 5.94.